The number of piperidine rings is 2. The number of likely N-dealkylation sites (tertiary alicyclic amines) is 2. The molecule has 2 aromatic rings. The molecule has 1 N–H and O–H groups in total. The quantitative estimate of drug-likeness (QED) is 0.600. The summed E-state index contributed by atoms with van der Waals surface area (Å²) in [4.78, 5) is 21.2. The fourth-order valence-corrected chi connectivity index (χ4v) is 5.79. The van der Waals surface area contributed by atoms with E-state index in [4.69, 9.17) is 4.74 Å². The molecule has 0 radical (unpaired) electrons. The minimum absolute atomic E-state index is 0.182. The lowest BCUT2D eigenvalue weighted by molar-refractivity contribution is 0.0469. The van der Waals surface area contributed by atoms with Gasteiger partial charge in [0.1, 0.15) is 5.69 Å². The number of amides is 1. The van der Waals surface area contributed by atoms with Crippen molar-refractivity contribution < 1.29 is 19.0 Å². The number of hydrogen-bond acceptors (Lipinski definition) is 5. The summed E-state index contributed by atoms with van der Waals surface area (Å²) in [5.41, 5.74) is 2.29. The second kappa shape index (κ2) is 10.9. The maximum atomic E-state index is 14.8. The topological polar surface area (TPSA) is 65.9 Å². The minimum atomic E-state index is -0.473. The summed E-state index contributed by atoms with van der Waals surface area (Å²) in [5.74, 6) is 0.181. The second-order valence-electron chi connectivity index (χ2n) is 11.3. The summed E-state index contributed by atoms with van der Waals surface area (Å²) in [6.07, 6.45) is 8.92. The number of rotatable bonds is 7. The first-order valence-corrected chi connectivity index (χ1v) is 13.5. The molecule has 1 atom stereocenters. The number of β-amino-alcohol motifs (C(OH)–C–C–N with tert-alkyl or cyclic N) is 1. The molecule has 1 amide bonds. The summed E-state index contributed by atoms with van der Waals surface area (Å²) in [6.45, 7) is 7.35. The first-order chi connectivity index (χ1) is 17.4. The van der Waals surface area contributed by atoms with Gasteiger partial charge in [0.15, 0.2) is 11.6 Å². The highest BCUT2D eigenvalue weighted by molar-refractivity contribution is 5.92. The normalized spacial score (nSPS) is 22.8. The van der Waals surface area contributed by atoms with Crippen molar-refractivity contribution in [3.8, 4) is 16.9 Å². The van der Waals surface area contributed by atoms with Crippen LogP contribution in [0.25, 0.3) is 11.1 Å². The van der Waals surface area contributed by atoms with Gasteiger partial charge in [0.2, 0.25) is 0 Å². The molecule has 2 saturated heterocycles. The van der Waals surface area contributed by atoms with Crippen molar-refractivity contribution >= 4 is 5.91 Å². The average Bonchev–Trinajstić information content (AvgIpc) is 2.87. The third kappa shape index (κ3) is 5.89. The number of aromatic nitrogens is 1. The van der Waals surface area contributed by atoms with Gasteiger partial charge in [-0.2, -0.15) is 0 Å². The zero-order valence-corrected chi connectivity index (χ0v) is 21.3. The fourth-order valence-electron chi connectivity index (χ4n) is 5.79. The molecule has 0 bridgehead atoms. The molecule has 7 heteroatoms. The van der Waals surface area contributed by atoms with Gasteiger partial charge in [-0.25, -0.2) is 4.39 Å². The maximum Gasteiger partial charge on any atom is 0.272 e. The highest BCUT2D eigenvalue weighted by atomic mass is 19.1. The SMILES string of the molecule is CC1(CN2CCC(COc3ccc(-c4ccc(C(=O)N5CCC[C@@H](O)C5)nc4)cc3F)CC2)CCC1. The van der Waals surface area contributed by atoms with E-state index in [-0.39, 0.29) is 17.5 Å². The zero-order chi connectivity index (χ0) is 25.1. The van der Waals surface area contributed by atoms with E-state index < -0.39 is 6.10 Å². The van der Waals surface area contributed by atoms with E-state index in [9.17, 15) is 14.3 Å². The van der Waals surface area contributed by atoms with Gasteiger partial charge < -0.3 is 19.6 Å². The van der Waals surface area contributed by atoms with Crippen molar-refractivity contribution in [3.63, 3.8) is 0 Å². The number of pyridine rings is 1. The number of carbonyl (C=O) groups is 1. The van der Waals surface area contributed by atoms with Crippen molar-refractivity contribution in [2.75, 3.05) is 39.3 Å². The van der Waals surface area contributed by atoms with E-state index in [0.29, 0.717) is 42.3 Å². The van der Waals surface area contributed by atoms with Gasteiger partial charge >= 0.3 is 0 Å². The van der Waals surface area contributed by atoms with Crippen molar-refractivity contribution in [3.05, 3.63) is 48.0 Å². The maximum absolute atomic E-state index is 14.8. The lowest BCUT2D eigenvalue weighted by Crippen LogP contribution is -2.44. The molecular formula is C29H38FN3O3. The number of halogens is 1. The number of aliphatic hydroxyl groups excluding tert-OH is 1. The fraction of sp³-hybridized carbons (Fsp3) is 0.586. The summed E-state index contributed by atoms with van der Waals surface area (Å²) in [6, 6.07) is 8.44. The Morgan fingerprint density at radius 2 is 1.89 bits per heavy atom. The lowest BCUT2D eigenvalue weighted by atomic mass is 9.70. The molecule has 3 aliphatic rings. The van der Waals surface area contributed by atoms with Gasteiger partial charge in [0, 0.05) is 31.4 Å². The first kappa shape index (κ1) is 25.2. The molecular weight excluding hydrogens is 457 g/mol. The zero-order valence-electron chi connectivity index (χ0n) is 21.3. The van der Waals surface area contributed by atoms with Crippen molar-refractivity contribution in [2.24, 2.45) is 11.3 Å². The van der Waals surface area contributed by atoms with Crippen LogP contribution in [0.4, 0.5) is 4.39 Å². The predicted octanol–water partition coefficient (Wildman–Crippen LogP) is 4.77. The Bertz CT molecular complexity index is 1050. The Balaban J connectivity index is 1.12. The van der Waals surface area contributed by atoms with Crippen LogP contribution < -0.4 is 4.74 Å². The molecule has 1 aromatic heterocycles. The summed E-state index contributed by atoms with van der Waals surface area (Å²) >= 11 is 0. The van der Waals surface area contributed by atoms with Crippen LogP contribution in [0.15, 0.2) is 36.5 Å². The number of nitrogens with zero attached hydrogens (tertiary/aromatic N) is 3. The van der Waals surface area contributed by atoms with Gasteiger partial charge in [-0.1, -0.05) is 25.5 Å². The van der Waals surface area contributed by atoms with Crippen LogP contribution in [0, 0.1) is 17.2 Å². The van der Waals surface area contributed by atoms with E-state index in [1.807, 2.05) is 6.07 Å². The van der Waals surface area contributed by atoms with Crippen molar-refractivity contribution in [2.45, 2.75) is 58.0 Å². The Kier molecular flexibility index (Phi) is 7.58. The Hall–Kier alpha value is -2.51. The highest BCUT2D eigenvalue weighted by Crippen LogP contribution is 2.41. The minimum Gasteiger partial charge on any atom is -0.490 e. The summed E-state index contributed by atoms with van der Waals surface area (Å²) in [5, 5.41) is 9.82. The number of ether oxygens (including phenoxy) is 1. The molecule has 1 saturated carbocycles. The number of benzene rings is 1. The molecule has 6 nitrogen and oxygen atoms in total. The summed E-state index contributed by atoms with van der Waals surface area (Å²) in [7, 11) is 0. The number of aliphatic hydroxyl groups is 1. The van der Waals surface area contributed by atoms with E-state index in [1.54, 1.807) is 29.3 Å². The van der Waals surface area contributed by atoms with Crippen LogP contribution >= 0.6 is 0 Å². The Morgan fingerprint density at radius 1 is 1.11 bits per heavy atom. The molecule has 3 heterocycles. The number of carbonyl (C=O) groups excluding carboxylic acids is 1. The molecule has 3 fully saturated rings. The molecule has 5 rings (SSSR count). The van der Waals surface area contributed by atoms with Gasteiger partial charge in [-0.3, -0.25) is 9.78 Å². The summed E-state index contributed by atoms with van der Waals surface area (Å²) < 4.78 is 20.7. The van der Waals surface area contributed by atoms with E-state index in [1.165, 1.54) is 31.9 Å². The van der Waals surface area contributed by atoms with Crippen LogP contribution in [0.3, 0.4) is 0 Å². The molecule has 0 unspecified atom stereocenters. The van der Waals surface area contributed by atoms with Crippen LogP contribution in [0.5, 0.6) is 5.75 Å². The molecule has 1 aliphatic carbocycles. The molecule has 0 spiro atoms. The Labute approximate surface area is 213 Å². The van der Waals surface area contributed by atoms with Gasteiger partial charge in [0.05, 0.1) is 12.7 Å². The molecule has 1 aromatic carbocycles. The molecule has 36 heavy (non-hydrogen) atoms. The number of hydrogen-bond donors (Lipinski definition) is 1. The second-order valence-corrected chi connectivity index (χ2v) is 11.3. The smallest absolute Gasteiger partial charge is 0.272 e. The van der Waals surface area contributed by atoms with Gasteiger partial charge in [-0.05, 0) is 86.7 Å². The van der Waals surface area contributed by atoms with E-state index in [2.05, 4.69) is 16.8 Å². The standard InChI is InChI=1S/C29H38FN3O3/c1-29(11-3-12-29)20-32-14-9-21(10-15-32)19-36-27-8-6-22(16-25(27)30)23-5-7-26(31-17-23)28(35)33-13-2-4-24(34)18-33/h5-8,16-17,21,24,34H,2-4,9-15,18-20H2,1H3/t24-/m1/s1. The van der Waals surface area contributed by atoms with Crippen LogP contribution in [-0.4, -0.2) is 71.2 Å². The van der Waals surface area contributed by atoms with Crippen LogP contribution in [-0.2, 0) is 0 Å². The van der Waals surface area contributed by atoms with Gasteiger partial charge in [-0.15, -0.1) is 0 Å². The first-order valence-electron chi connectivity index (χ1n) is 13.5. The van der Waals surface area contributed by atoms with Crippen molar-refractivity contribution in [1.82, 2.24) is 14.8 Å². The van der Waals surface area contributed by atoms with E-state index >= 15 is 0 Å². The average molecular weight is 496 g/mol. The van der Waals surface area contributed by atoms with Crippen LogP contribution in [0.2, 0.25) is 0 Å². The van der Waals surface area contributed by atoms with Crippen molar-refractivity contribution in [1.29, 1.82) is 0 Å². The molecule has 194 valence electrons. The predicted molar refractivity (Wildman–Crippen MR) is 137 cm³/mol. The third-order valence-electron chi connectivity index (χ3n) is 8.28. The lowest BCUT2D eigenvalue weighted by Gasteiger charge is -2.44. The third-order valence-corrected chi connectivity index (χ3v) is 8.28. The molecule has 2 aliphatic heterocycles. The Morgan fingerprint density at radius 3 is 2.53 bits per heavy atom. The van der Waals surface area contributed by atoms with Gasteiger partial charge in [0.25, 0.3) is 5.91 Å². The monoisotopic (exact) mass is 495 g/mol. The van der Waals surface area contributed by atoms with Crippen LogP contribution in [0.1, 0.15) is 62.4 Å². The largest absolute Gasteiger partial charge is 0.490 e. The highest BCUT2D eigenvalue weighted by Gasteiger charge is 2.34. The van der Waals surface area contributed by atoms with E-state index in [0.717, 1.165) is 44.3 Å².